The van der Waals surface area contributed by atoms with Gasteiger partial charge in [-0.15, -0.1) is 17.0 Å². The van der Waals surface area contributed by atoms with E-state index in [0.29, 0.717) is 24.0 Å². The lowest BCUT2D eigenvalue weighted by molar-refractivity contribution is 0.212. The molecule has 0 spiro atoms. The molecule has 0 bridgehead atoms. The minimum Gasteiger partial charge on any atom is -0.507 e. The lowest BCUT2D eigenvalue weighted by atomic mass is 9.78. The zero-order valence-corrected chi connectivity index (χ0v) is 25.6. The maximum Gasteiger partial charge on any atom is 0.123 e. The molecule has 1 saturated heterocycles. The number of phenolic OH excluding ortho intramolecular Hbond substituents is 1. The average Bonchev–Trinajstić information content (AvgIpc) is 3.07. The fourth-order valence-electron chi connectivity index (χ4n) is 5.32. The second kappa shape index (κ2) is 12.5. The molecular weight excluding hydrogens is 526 g/mol. The molecule has 3 rings (SSSR count). The molecule has 2 aromatic carbocycles. The van der Waals surface area contributed by atoms with E-state index in [4.69, 9.17) is 10.2 Å². The quantitative estimate of drug-likeness (QED) is 0.255. The van der Waals surface area contributed by atoms with E-state index in [-0.39, 0.29) is 33.7 Å². The fourth-order valence-corrected chi connectivity index (χ4v) is 5.32. The second-order valence-electron chi connectivity index (χ2n) is 12.3. The molecular formula is C31H46BrN3O2. The van der Waals surface area contributed by atoms with Crippen molar-refractivity contribution in [2.24, 2.45) is 17.0 Å². The Morgan fingerprint density at radius 3 is 2.11 bits per heavy atom. The summed E-state index contributed by atoms with van der Waals surface area (Å²) in [6.45, 7) is 16.3. The summed E-state index contributed by atoms with van der Waals surface area (Å²) in [5.41, 5.74) is 4.35. The van der Waals surface area contributed by atoms with Gasteiger partial charge in [0.25, 0.3) is 0 Å². The third kappa shape index (κ3) is 7.37. The highest BCUT2D eigenvalue weighted by atomic mass is 79.9. The summed E-state index contributed by atoms with van der Waals surface area (Å²) >= 11 is 0. The zero-order chi connectivity index (χ0) is 26.7. The Balaban J connectivity index is 0.00000481. The van der Waals surface area contributed by atoms with Crippen LogP contribution >= 0.6 is 17.0 Å². The summed E-state index contributed by atoms with van der Waals surface area (Å²) < 4.78 is 0. The fraction of sp³-hybridized carbons (Fsp3) is 0.548. The van der Waals surface area contributed by atoms with Crippen molar-refractivity contribution in [1.29, 1.82) is 5.41 Å². The van der Waals surface area contributed by atoms with Gasteiger partial charge in [-0.25, -0.2) is 0 Å². The lowest BCUT2D eigenvalue weighted by Gasteiger charge is -2.29. The Labute approximate surface area is 234 Å². The highest BCUT2D eigenvalue weighted by Gasteiger charge is 2.37. The predicted molar refractivity (Wildman–Crippen MR) is 161 cm³/mol. The van der Waals surface area contributed by atoms with Crippen LogP contribution < -0.4 is 0 Å². The Morgan fingerprint density at radius 1 is 1.05 bits per heavy atom. The highest BCUT2D eigenvalue weighted by molar-refractivity contribution is 8.93. The summed E-state index contributed by atoms with van der Waals surface area (Å²) in [5, 5.41) is 24.7. The summed E-state index contributed by atoms with van der Waals surface area (Å²) in [6, 6.07) is 14.6. The molecule has 204 valence electrons. The number of halogens is 1. The van der Waals surface area contributed by atoms with Crippen molar-refractivity contribution in [1.82, 2.24) is 4.90 Å². The van der Waals surface area contributed by atoms with Crippen LogP contribution in [0.15, 0.2) is 47.6 Å². The number of likely N-dealkylation sites (tertiary alicyclic amines) is 1. The van der Waals surface area contributed by atoms with Crippen molar-refractivity contribution in [3.05, 3.63) is 64.7 Å². The van der Waals surface area contributed by atoms with Gasteiger partial charge in [0.1, 0.15) is 18.6 Å². The molecule has 0 saturated carbocycles. The highest BCUT2D eigenvalue weighted by Crippen LogP contribution is 2.40. The van der Waals surface area contributed by atoms with Crippen molar-refractivity contribution in [2.75, 3.05) is 20.2 Å². The van der Waals surface area contributed by atoms with Crippen LogP contribution in [0.5, 0.6) is 5.75 Å². The van der Waals surface area contributed by atoms with Gasteiger partial charge in [-0.3, -0.25) is 5.41 Å². The molecule has 1 fully saturated rings. The second-order valence-corrected chi connectivity index (χ2v) is 12.3. The molecule has 2 atom stereocenters. The first kappa shape index (κ1) is 30.9. The number of hydrogen-bond acceptors (Lipinski definition) is 4. The van der Waals surface area contributed by atoms with E-state index in [1.807, 2.05) is 18.2 Å². The Kier molecular flexibility index (Phi) is 10.4. The van der Waals surface area contributed by atoms with E-state index in [0.717, 1.165) is 48.2 Å². The zero-order valence-electron chi connectivity index (χ0n) is 23.9. The Hall–Kier alpha value is -2.34. The minimum atomic E-state index is -0.231. The topological polar surface area (TPSA) is 68.9 Å². The van der Waals surface area contributed by atoms with Crippen molar-refractivity contribution in [3.63, 3.8) is 0 Å². The molecule has 5 nitrogen and oxygen atoms in total. The number of rotatable bonds is 8. The van der Waals surface area contributed by atoms with Gasteiger partial charge < -0.3 is 14.8 Å². The van der Waals surface area contributed by atoms with Crippen LogP contribution in [0.2, 0.25) is 0 Å². The van der Waals surface area contributed by atoms with Crippen molar-refractivity contribution in [2.45, 2.75) is 78.6 Å². The molecule has 0 aliphatic carbocycles. The maximum atomic E-state index is 11.2. The van der Waals surface area contributed by atoms with E-state index in [2.05, 4.69) is 82.8 Å². The van der Waals surface area contributed by atoms with Gasteiger partial charge in [-0.1, -0.05) is 90.4 Å². The summed E-state index contributed by atoms with van der Waals surface area (Å²) in [7, 11) is 1.57. The maximum absolute atomic E-state index is 11.2. The van der Waals surface area contributed by atoms with Crippen molar-refractivity contribution in [3.8, 4) is 5.75 Å². The van der Waals surface area contributed by atoms with Crippen LogP contribution in [0.4, 0.5) is 0 Å². The summed E-state index contributed by atoms with van der Waals surface area (Å²) in [6.07, 6.45) is 3.10. The van der Waals surface area contributed by atoms with E-state index >= 15 is 0 Å². The lowest BCUT2D eigenvalue weighted by Crippen LogP contribution is -2.33. The van der Waals surface area contributed by atoms with E-state index in [9.17, 15) is 5.11 Å². The number of hydrogen-bond donors (Lipinski definition) is 2. The molecule has 2 N–H and O–H groups in total. The first-order chi connectivity index (χ1) is 16.9. The average molecular weight is 573 g/mol. The van der Waals surface area contributed by atoms with Crippen LogP contribution in [0, 0.1) is 17.2 Å². The van der Waals surface area contributed by atoms with Crippen molar-refractivity contribution < 1.29 is 9.94 Å². The molecule has 6 heteroatoms. The smallest absolute Gasteiger partial charge is 0.123 e. The van der Waals surface area contributed by atoms with E-state index in [1.165, 1.54) is 5.56 Å². The van der Waals surface area contributed by atoms with Gasteiger partial charge in [0.2, 0.25) is 0 Å². The Bertz CT molecular complexity index is 1050. The van der Waals surface area contributed by atoms with Gasteiger partial charge in [-0.05, 0) is 47.3 Å². The van der Waals surface area contributed by atoms with Crippen molar-refractivity contribution >= 4 is 28.5 Å². The van der Waals surface area contributed by atoms with Gasteiger partial charge in [0.05, 0.1) is 12.4 Å². The predicted octanol–water partition coefficient (Wildman–Crippen LogP) is 7.48. The van der Waals surface area contributed by atoms with Crippen LogP contribution in [0.25, 0.3) is 0 Å². The van der Waals surface area contributed by atoms with Gasteiger partial charge in [0.15, 0.2) is 0 Å². The molecule has 1 aliphatic heterocycles. The molecule has 0 radical (unpaired) electrons. The molecule has 1 aliphatic rings. The molecule has 1 unspecified atom stereocenters. The number of nitrogens with zero attached hydrogens (tertiary/aromatic N) is 2. The van der Waals surface area contributed by atoms with Gasteiger partial charge in [0, 0.05) is 29.2 Å². The number of aromatic hydroxyl groups is 1. The molecule has 0 amide bonds. The number of amidine groups is 1. The van der Waals surface area contributed by atoms with Crippen LogP contribution in [-0.4, -0.2) is 41.8 Å². The largest absolute Gasteiger partial charge is 0.507 e. The third-order valence-electron chi connectivity index (χ3n) is 7.28. The van der Waals surface area contributed by atoms with Gasteiger partial charge in [-0.2, -0.15) is 0 Å². The van der Waals surface area contributed by atoms with Crippen LogP contribution in [0.3, 0.4) is 0 Å². The Morgan fingerprint density at radius 2 is 1.62 bits per heavy atom. The molecule has 1 heterocycles. The van der Waals surface area contributed by atoms with Gasteiger partial charge >= 0.3 is 0 Å². The molecule has 2 aromatic rings. The summed E-state index contributed by atoms with van der Waals surface area (Å²) in [4.78, 5) is 7.48. The first-order valence-electron chi connectivity index (χ1n) is 13.2. The molecule has 37 heavy (non-hydrogen) atoms. The SMILES string of the molecule is Br.CCCC1CN(C/C(=N/OC)c2cc(C(C)(C)C)c(O)c(C(C)(C)C)c2)C(=N)[C@@H]1Cc1ccccc1. The van der Waals surface area contributed by atoms with E-state index in [1.54, 1.807) is 7.11 Å². The molecule has 0 aromatic heterocycles. The summed E-state index contributed by atoms with van der Waals surface area (Å²) in [5.74, 6) is 1.69. The van der Waals surface area contributed by atoms with E-state index < -0.39 is 0 Å². The van der Waals surface area contributed by atoms with Crippen LogP contribution in [0.1, 0.15) is 83.6 Å². The number of nitrogens with one attached hydrogen (secondary N) is 1. The normalized spacial score (nSPS) is 18.6. The number of oxime groups is 1. The minimum absolute atomic E-state index is 0. The monoisotopic (exact) mass is 571 g/mol. The number of benzene rings is 2. The number of phenols is 1. The first-order valence-corrected chi connectivity index (χ1v) is 13.2. The standard InChI is InChI=1S/C31H45N3O2.BrH/c1-9-13-22-19-34(29(32)24(22)16-21-14-11-10-12-15-21)20-27(33-36-8)23-17-25(30(2,3)4)28(35)26(18-23)31(5,6)7;/h10-12,14-15,17-18,22,24,32,35H,9,13,16,19-20H2,1-8H3;1H/b32-29?,33-27-;/t22?,24-;/m1./s1. The van der Waals surface area contributed by atoms with Crippen LogP contribution in [-0.2, 0) is 22.1 Å². The third-order valence-corrected chi connectivity index (χ3v) is 7.28.